The van der Waals surface area contributed by atoms with Gasteiger partial charge < -0.3 is 23.7 Å². The summed E-state index contributed by atoms with van der Waals surface area (Å²) in [5.41, 5.74) is 2.64. The summed E-state index contributed by atoms with van der Waals surface area (Å²) in [6, 6.07) is 10.6. The molecule has 8 nitrogen and oxygen atoms in total. The van der Waals surface area contributed by atoms with Crippen molar-refractivity contribution in [2.75, 3.05) is 35.5 Å². The predicted octanol–water partition coefficient (Wildman–Crippen LogP) is 4.02. The fourth-order valence-electron chi connectivity index (χ4n) is 3.05. The van der Waals surface area contributed by atoms with E-state index in [4.69, 9.17) is 23.7 Å². The molecule has 0 bridgehead atoms. The molecular formula is C23H24N2O6. The van der Waals surface area contributed by atoms with Crippen LogP contribution < -0.4 is 23.7 Å². The molecule has 8 heteroatoms. The van der Waals surface area contributed by atoms with Crippen LogP contribution >= 0.6 is 0 Å². The van der Waals surface area contributed by atoms with Crippen molar-refractivity contribution in [2.45, 2.75) is 0 Å². The van der Waals surface area contributed by atoms with E-state index in [9.17, 15) is 4.79 Å². The van der Waals surface area contributed by atoms with Crippen LogP contribution in [0.4, 0.5) is 0 Å². The average molecular weight is 424 g/mol. The van der Waals surface area contributed by atoms with E-state index in [-0.39, 0.29) is 5.78 Å². The maximum Gasteiger partial charge on any atom is 0.203 e. The van der Waals surface area contributed by atoms with Crippen LogP contribution in [0.1, 0.15) is 16.1 Å². The zero-order valence-corrected chi connectivity index (χ0v) is 18.0. The zero-order chi connectivity index (χ0) is 22.4. The summed E-state index contributed by atoms with van der Waals surface area (Å²) in [4.78, 5) is 12.7. The molecule has 0 saturated carbocycles. The van der Waals surface area contributed by atoms with E-state index in [1.165, 1.54) is 27.4 Å². The van der Waals surface area contributed by atoms with Gasteiger partial charge in [-0.3, -0.25) is 9.89 Å². The second kappa shape index (κ2) is 9.71. The molecule has 3 rings (SSSR count). The smallest absolute Gasteiger partial charge is 0.203 e. The Kier molecular flexibility index (Phi) is 6.81. The molecule has 0 fully saturated rings. The van der Waals surface area contributed by atoms with Crippen molar-refractivity contribution in [3.05, 3.63) is 53.7 Å². The topological polar surface area (TPSA) is 91.9 Å². The van der Waals surface area contributed by atoms with Crippen molar-refractivity contribution < 1.29 is 28.5 Å². The number of benzene rings is 2. The van der Waals surface area contributed by atoms with Crippen molar-refractivity contribution in [2.24, 2.45) is 0 Å². The molecule has 0 aliphatic rings. The minimum atomic E-state index is -0.221. The quantitative estimate of drug-likeness (QED) is 0.410. The molecule has 1 heterocycles. The van der Waals surface area contributed by atoms with E-state index < -0.39 is 0 Å². The van der Waals surface area contributed by atoms with Crippen LogP contribution in [0.2, 0.25) is 0 Å². The number of carbonyl (C=O) groups excluding carboxylic acids is 1. The molecule has 0 aliphatic carbocycles. The number of carbonyl (C=O) groups is 1. The van der Waals surface area contributed by atoms with Crippen molar-refractivity contribution in [3.63, 3.8) is 0 Å². The van der Waals surface area contributed by atoms with E-state index in [0.29, 0.717) is 45.7 Å². The first-order chi connectivity index (χ1) is 15.0. The van der Waals surface area contributed by atoms with Gasteiger partial charge in [-0.2, -0.15) is 5.10 Å². The van der Waals surface area contributed by atoms with Gasteiger partial charge in [-0.05, 0) is 48.6 Å². The van der Waals surface area contributed by atoms with E-state index >= 15 is 0 Å². The largest absolute Gasteiger partial charge is 0.493 e. The molecule has 0 atom stereocenters. The number of H-pyrrole nitrogens is 1. The number of ketones is 1. The Hall–Kier alpha value is -3.94. The molecule has 0 aliphatic heterocycles. The number of rotatable bonds is 9. The summed E-state index contributed by atoms with van der Waals surface area (Å²) in [7, 11) is 7.68. The maximum absolute atomic E-state index is 12.7. The maximum atomic E-state index is 12.7. The lowest BCUT2D eigenvalue weighted by Crippen LogP contribution is -2.00. The van der Waals surface area contributed by atoms with E-state index in [2.05, 4.69) is 10.2 Å². The van der Waals surface area contributed by atoms with E-state index in [1.807, 2.05) is 24.3 Å². The lowest BCUT2D eigenvalue weighted by atomic mass is 10.1. The Morgan fingerprint density at radius 3 is 2.03 bits per heavy atom. The summed E-state index contributed by atoms with van der Waals surface area (Å²) in [6.07, 6.45) is 3.11. The molecule has 2 aromatic carbocycles. The number of allylic oxidation sites excluding steroid dienone is 1. The first-order valence-electron chi connectivity index (χ1n) is 9.34. The lowest BCUT2D eigenvalue weighted by Gasteiger charge is -2.13. The highest BCUT2D eigenvalue weighted by atomic mass is 16.5. The van der Waals surface area contributed by atoms with Crippen LogP contribution in [0.25, 0.3) is 17.3 Å². The number of nitrogens with zero attached hydrogens (tertiary/aromatic N) is 1. The van der Waals surface area contributed by atoms with Gasteiger partial charge in [-0.1, -0.05) is 0 Å². The number of ether oxygens (including phenoxy) is 5. The van der Waals surface area contributed by atoms with Gasteiger partial charge in [0, 0.05) is 11.1 Å². The summed E-state index contributed by atoms with van der Waals surface area (Å²) >= 11 is 0. The zero-order valence-electron chi connectivity index (χ0n) is 18.0. The lowest BCUT2D eigenvalue weighted by molar-refractivity contribution is 0.104. The first kappa shape index (κ1) is 21.8. The van der Waals surface area contributed by atoms with E-state index in [0.717, 1.165) is 5.56 Å². The molecule has 1 aromatic heterocycles. The Morgan fingerprint density at radius 1 is 0.806 bits per heavy atom. The summed E-state index contributed by atoms with van der Waals surface area (Å²) < 4.78 is 26.5. The molecule has 162 valence electrons. The van der Waals surface area contributed by atoms with Gasteiger partial charge in [0.1, 0.15) is 0 Å². The van der Waals surface area contributed by atoms with Gasteiger partial charge >= 0.3 is 0 Å². The summed E-state index contributed by atoms with van der Waals surface area (Å²) in [5.74, 6) is 2.28. The SMILES string of the molecule is COc1ccc(-c2cc(/C=C/C(=O)c3cc(OC)c(OC)c(OC)c3)[nH]n2)cc1OC. The van der Waals surface area contributed by atoms with Crippen molar-refractivity contribution >= 4 is 11.9 Å². The Morgan fingerprint density at radius 2 is 1.45 bits per heavy atom. The standard InChI is InChI=1S/C23H24N2O6/c1-27-19-9-6-14(10-20(19)28-2)17-13-16(24-25-17)7-8-18(26)15-11-21(29-3)23(31-5)22(12-15)30-4/h6-13H,1-5H3,(H,24,25)/b8-7+. The van der Waals surface area contributed by atoms with Crippen molar-refractivity contribution in [1.29, 1.82) is 0 Å². The normalized spacial score (nSPS) is 10.7. The van der Waals surface area contributed by atoms with Gasteiger partial charge in [-0.15, -0.1) is 0 Å². The highest BCUT2D eigenvalue weighted by Gasteiger charge is 2.16. The second-order valence-electron chi connectivity index (χ2n) is 6.39. The summed E-state index contributed by atoms with van der Waals surface area (Å²) in [6.45, 7) is 0. The third kappa shape index (κ3) is 4.63. The third-order valence-electron chi connectivity index (χ3n) is 4.64. The van der Waals surface area contributed by atoms with Crippen LogP contribution in [-0.4, -0.2) is 51.5 Å². The number of nitrogens with one attached hydrogen (secondary N) is 1. The fraction of sp³-hybridized carbons (Fsp3) is 0.217. The van der Waals surface area contributed by atoms with Crippen LogP contribution in [-0.2, 0) is 0 Å². The molecule has 1 N–H and O–H groups in total. The molecular weight excluding hydrogens is 400 g/mol. The van der Waals surface area contributed by atoms with E-state index in [1.54, 1.807) is 32.4 Å². The monoisotopic (exact) mass is 424 g/mol. The fourth-order valence-corrected chi connectivity index (χ4v) is 3.05. The minimum absolute atomic E-state index is 0.221. The molecule has 0 amide bonds. The van der Waals surface area contributed by atoms with Crippen LogP contribution in [0.3, 0.4) is 0 Å². The van der Waals surface area contributed by atoms with Crippen LogP contribution in [0, 0.1) is 0 Å². The molecule has 0 radical (unpaired) electrons. The summed E-state index contributed by atoms with van der Waals surface area (Å²) in [5, 5.41) is 7.22. The van der Waals surface area contributed by atoms with Gasteiger partial charge in [0.2, 0.25) is 5.75 Å². The second-order valence-corrected chi connectivity index (χ2v) is 6.39. The molecule has 31 heavy (non-hydrogen) atoms. The number of hydrogen-bond donors (Lipinski definition) is 1. The highest BCUT2D eigenvalue weighted by Crippen LogP contribution is 2.38. The third-order valence-corrected chi connectivity index (χ3v) is 4.64. The Labute approximate surface area is 180 Å². The minimum Gasteiger partial charge on any atom is -0.493 e. The Balaban J connectivity index is 1.82. The average Bonchev–Trinajstić information content (AvgIpc) is 3.29. The van der Waals surface area contributed by atoms with Gasteiger partial charge in [-0.25, -0.2) is 0 Å². The van der Waals surface area contributed by atoms with Gasteiger partial charge in [0.25, 0.3) is 0 Å². The molecule has 0 spiro atoms. The number of aromatic nitrogens is 2. The first-order valence-corrected chi connectivity index (χ1v) is 9.34. The predicted molar refractivity (Wildman–Crippen MR) is 117 cm³/mol. The van der Waals surface area contributed by atoms with Crippen molar-refractivity contribution in [3.8, 4) is 40.0 Å². The highest BCUT2D eigenvalue weighted by molar-refractivity contribution is 6.07. The Bertz CT molecular complexity index is 1080. The van der Waals surface area contributed by atoms with Gasteiger partial charge in [0.05, 0.1) is 46.9 Å². The number of methoxy groups -OCH3 is 5. The number of aromatic amines is 1. The van der Waals surface area contributed by atoms with Crippen LogP contribution in [0.5, 0.6) is 28.7 Å². The molecule has 0 unspecified atom stereocenters. The molecule has 3 aromatic rings. The molecule has 0 saturated heterocycles. The van der Waals surface area contributed by atoms with Crippen molar-refractivity contribution in [1.82, 2.24) is 10.2 Å². The van der Waals surface area contributed by atoms with Gasteiger partial charge in [0.15, 0.2) is 28.8 Å². The number of hydrogen-bond acceptors (Lipinski definition) is 7. The van der Waals surface area contributed by atoms with Crippen LogP contribution in [0.15, 0.2) is 42.5 Å².